The summed E-state index contributed by atoms with van der Waals surface area (Å²) in [5.41, 5.74) is 5.70. The minimum absolute atomic E-state index is 0.0710. The molecule has 0 fully saturated rings. The Morgan fingerprint density at radius 2 is 2.08 bits per heavy atom. The van der Waals surface area contributed by atoms with Gasteiger partial charge in [0.25, 0.3) is 0 Å². The largest absolute Gasteiger partial charge is 0.292 e. The molecule has 1 amide bonds. The molecule has 0 aliphatic carbocycles. The molecule has 0 saturated carbocycles. The van der Waals surface area contributed by atoms with Gasteiger partial charge in [-0.25, -0.2) is 5.43 Å². The minimum Gasteiger partial charge on any atom is -0.292 e. The summed E-state index contributed by atoms with van der Waals surface area (Å²) in [4.78, 5) is 10.7. The van der Waals surface area contributed by atoms with Gasteiger partial charge in [0.1, 0.15) is 0 Å². The number of carbonyl (C=O) groups excluding carboxylic acids is 1. The highest BCUT2D eigenvalue weighted by Gasteiger charge is 2.22. The van der Waals surface area contributed by atoms with E-state index in [1.165, 1.54) is 6.92 Å². The van der Waals surface area contributed by atoms with Gasteiger partial charge in [0.05, 0.1) is 0 Å². The normalized spacial score (nSPS) is 13.5. The molecule has 0 unspecified atom stereocenters. The standard InChI is InChI=1S/C10H20N2O/c1-6-7-9(10(3,4)5)12-11-8(2)13/h6,9,12H,1,7H2,2-5H3,(H,11,13)/t9-/m1/s1. The van der Waals surface area contributed by atoms with Crippen molar-refractivity contribution < 1.29 is 4.79 Å². The van der Waals surface area contributed by atoms with Crippen LogP contribution in [0, 0.1) is 5.41 Å². The molecule has 0 bridgehead atoms. The lowest BCUT2D eigenvalue weighted by molar-refractivity contribution is -0.120. The third-order valence-electron chi connectivity index (χ3n) is 1.87. The fourth-order valence-electron chi connectivity index (χ4n) is 0.984. The Bertz CT molecular complexity index is 182. The average molecular weight is 184 g/mol. The van der Waals surface area contributed by atoms with Crippen LogP contribution in [0.3, 0.4) is 0 Å². The number of hydrogen-bond acceptors (Lipinski definition) is 2. The summed E-state index contributed by atoms with van der Waals surface area (Å²) < 4.78 is 0. The third-order valence-corrected chi connectivity index (χ3v) is 1.87. The molecule has 0 aliphatic heterocycles. The lowest BCUT2D eigenvalue weighted by Crippen LogP contribution is -2.49. The van der Waals surface area contributed by atoms with E-state index in [0.717, 1.165) is 6.42 Å². The van der Waals surface area contributed by atoms with E-state index >= 15 is 0 Å². The number of hydrogen-bond donors (Lipinski definition) is 2. The molecule has 0 heterocycles. The molecule has 0 saturated heterocycles. The van der Waals surface area contributed by atoms with Crippen LogP contribution in [0.2, 0.25) is 0 Å². The lowest BCUT2D eigenvalue weighted by atomic mass is 9.85. The molecule has 0 aromatic heterocycles. The average Bonchev–Trinajstić information content (AvgIpc) is 1.95. The minimum atomic E-state index is -0.0710. The van der Waals surface area contributed by atoms with Gasteiger partial charge in [0.15, 0.2) is 0 Å². The number of carbonyl (C=O) groups is 1. The summed E-state index contributed by atoms with van der Waals surface area (Å²) in [5.74, 6) is -0.0710. The summed E-state index contributed by atoms with van der Waals surface area (Å²) in [6.07, 6.45) is 2.69. The molecule has 76 valence electrons. The van der Waals surface area contributed by atoms with Gasteiger partial charge in [0.2, 0.25) is 5.91 Å². The first-order valence-electron chi connectivity index (χ1n) is 4.51. The first-order chi connectivity index (χ1) is 5.88. The van der Waals surface area contributed by atoms with Crippen molar-refractivity contribution in [2.75, 3.05) is 0 Å². The van der Waals surface area contributed by atoms with Crippen molar-refractivity contribution in [3.63, 3.8) is 0 Å². The van der Waals surface area contributed by atoms with Crippen molar-refractivity contribution in [3.8, 4) is 0 Å². The highest BCUT2D eigenvalue weighted by atomic mass is 16.2. The van der Waals surface area contributed by atoms with Crippen LogP contribution in [0.5, 0.6) is 0 Å². The molecule has 3 heteroatoms. The number of nitrogens with one attached hydrogen (secondary N) is 2. The van der Waals surface area contributed by atoms with Gasteiger partial charge >= 0.3 is 0 Å². The summed E-state index contributed by atoms with van der Waals surface area (Å²) in [5, 5.41) is 0. The van der Waals surface area contributed by atoms with Crippen molar-refractivity contribution in [2.24, 2.45) is 5.41 Å². The number of amides is 1. The molecule has 0 spiro atoms. The van der Waals surface area contributed by atoms with E-state index in [2.05, 4.69) is 38.2 Å². The summed E-state index contributed by atoms with van der Waals surface area (Å²) in [7, 11) is 0. The predicted octanol–water partition coefficient (Wildman–Crippen LogP) is 1.62. The highest BCUT2D eigenvalue weighted by molar-refractivity contribution is 5.72. The van der Waals surface area contributed by atoms with Crippen LogP contribution in [0.15, 0.2) is 12.7 Å². The smallest absolute Gasteiger partial charge is 0.230 e. The molecule has 0 rings (SSSR count). The predicted molar refractivity (Wildman–Crippen MR) is 55.0 cm³/mol. The summed E-state index contributed by atoms with van der Waals surface area (Å²) in [6, 6.07) is 0.217. The van der Waals surface area contributed by atoms with Crippen molar-refractivity contribution in [3.05, 3.63) is 12.7 Å². The summed E-state index contributed by atoms with van der Waals surface area (Å²) >= 11 is 0. The van der Waals surface area contributed by atoms with Crippen molar-refractivity contribution >= 4 is 5.91 Å². The summed E-state index contributed by atoms with van der Waals surface area (Å²) in [6.45, 7) is 11.5. The van der Waals surface area contributed by atoms with Gasteiger partial charge in [-0.1, -0.05) is 26.8 Å². The maximum atomic E-state index is 10.7. The Labute approximate surface area is 80.6 Å². The SMILES string of the molecule is C=CC[C@@H](NNC(C)=O)C(C)(C)C. The maximum Gasteiger partial charge on any atom is 0.230 e. The van der Waals surface area contributed by atoms with Crippen LogP contribution < -0.4 is 10.9 Å². The molecular formula is C10H20N2O. The van der Waals surface area contributed by atoms with Gasteiger partial charge in [-0.05, 0) is 11.8 Å². The van der Waals surface area contributed by atoms with E-state index in [4.69, 9.17) is 0 Å². The Morgan fingerprint density at radius 1 is 1.54 bits per heavy atom. The first-order valence-corrected chi connectivity index (χ1v) is 4.51. The molecular weight excluding hydrogens is 164 g/mol. The zero-order valence-corrected chi connectivity index (χ0v) is 8.98. The maximum absolute atomic E-state index is 10.7. The van der Waals surface area contributed by atoms with E-state index in [0.29, 0.717) is 0 Å². The van der Waals surface area contributed by atoms with Crippen LogP contribution in [-0.2, 0) is 4.79 Å². The van der Waals surface area contributed by atoms with Crippen LogP contribution in [0.1, 0.15) is 34.1 Å². The Morgan fingerprint density at radius 3 is 2.38 bits per heavy atom. The van der Waals surface area contributed by atoms with Crippen molar-refractivity contribution in [2.45, 2.75) is 40.2 Å². The Kier molecular flexibility index (Phi) is 4.70. The molecule has 2 N–H and O–H groups in total. The van der Waals surface area contributed by atoms with Crippen LogP contribution >= 0.6 is 0 Å². The van der Waals surface area contributed by atoms with E-state index in [1.807, 2.05) is 6.08 Å². The monoisotopic (exact) mass is 184 g/mol. The Balaban J connectivity index is 4.10. The quantitative estimate of drug-likeness (QED) is 0.515. The topological polar surface area (TPSA) is 41.1 Å². The van der Waals surface area contributed by atoms with Gasteiger partial charge in [-0.2, -0.15) is 0 Å². The Hall–Kier alpha value is -0.830. The molecule has 0 aromatic rings. The molecule has 13 heavy (non-hydrogen) atoms. The molecule has 0 radical (unpaired) electrons. The molecule has 0 aromatic carbocycles. The third kappa shape index (κ3) is 5.42. The highest BCUT2D eigenvalue weighted by Crippen LogP contribution is 2.21. The van der Waals surface area contributed by atoms with Gasteiger partial charge < -0.3 is 0 Å². The second kappa shape index (κ2) is 5.02. The number of hydrazine groups is 1. The molecule has 0 aliphatic rings. The van der Waals surface area contributed by atoms with E-state index in [-0.39, 0.29) is 17.4 Å². The molecule has 3 nitrogen and oxygen atoms in total. The second-order valence-electron chi connectivity index (χ2n) is 4.27. The molecule has 1 atom stereocenters. The fraction of sp³-hybridized carbons (Fsp3) is 0.700. The van der Waals surface area contributed by atoms with E-state index < -0.39 is 0 Å². The van der Waals surface area contributed by atoms with Crippen molar-refractivity contribution in [1.29, 1.82) is 0 Å². The van der Waals surface area contributed by atoms with E-state index in [9.17, 15) is 4.79 Å². The lowest BCUT2D eigenvalue weighted by Gasteiger charge is -2.30. The van der Waals surface area contributed by atoms with Crippen LogP contribution in [0.25, 0.3) is 0 Å². The van der Waals surface area contributed by atoms with Gasteiger partial charge in [-0.3, -0.25) is 10.2 Å². The first kappa shape index (κ1) is 12.2. The number of rotatable bonds is 4. The van der Waals surface area contributed by atoms with Crippen LogP contribution in [-0.4, -0.2) is 11.9 Å². The van der Waals surface area contributed by atoms with Crippen LogP contribution in [0.4, 0.5) is 0 Å². The van der Waals surface area contributed by atoms with Gasteiger partial charge in [-0.15, -0.1) is 6.58 Å². The van der Waals surface area contributed by atoms with Gasteiger partial charge in [0, 0.05) is 13.0 Å². The zero-order chi connectivity index (χ0) is 10.5. The van der Waals surface area contributed by atoms with Crippen molar-refractivity contribution in [1.82, 2.24) is 10.9 Å². The second-order valence-corrected chi connectivity index (χ2v) is 4.27. The fourth-order valence-corrected chi connectivity index (χ4v) is 0.984. The van der Waals surface area contributed by atoms with E-state index in [1.54, 1.807) is 0 Å². The zero-order valence-electron chi connectivity index (χ0n) is 8.98.